The van der Waals surface area contributed by atoms with Gasteiger partial charge in [-0.15, -0.1) is 12.4 Å². The van der Waals surface area contributed by atoms with Gasteiger partial charge in [-0.1, -0.05) is 6.07 Å². The van der Waals surface area contributed by atoms with Crippen molar-refractivity contribution >= 4 is 12.4 Å². The molecule has 19 heavy (non-hydrogen) atoms. The molecule has 1 atom stereocenters. The van der Waals surface area contributed by atoms with Crippen molar-refractivity contribution in [2.24, 2.45) is 5.73 Å². The molecule has 0 fully saturated rings. The van der Waals surface area contributed by atoms with Crippen LogP contribution in [0, 0.1) is 5.82 Å². The maximum Gasteiger partial charge on any atom is 0.416 e. The third kappa shape index (κ3) is 5.23. The van der Waals surface area contributed by atoms with Gasteiger partial charge < -0.3 is 5.73 Å². The average molecular weight is 312 g/mol. The van der Waals surface area contributed by atoms with E-state index in [2.05, 4.69) is 0 Å². The number of benzene rings is 1. The minimum atomic E-state index is -4.76. The van der Waals surface area contributed by atoms with Crippen LogP contribution in [0.1, 0.15) is 23.6 Å². The first-order chi connectivity index (χ1) is 8.00. The van der Waals surface area contributed by atoms with Gasteiger partial charge in [0.2, 0.25) is 0 Å². The van der Waals surface area contributed by atoms with Crippen molar-refractivity contribution in [2.75, 3.05) is 0 Å². The van der Waals surface area contributed by atoms with Gasteiger partial charge >= 0.3 is 12.4 Å². The van der Waals surface area contributed by atoms with Crippen LogP contribution in [0.25, 0.3) is 0 Å². The lowest BCUT2D eigenvalue weighted by molar-refractivity contribution is -0.139. The first-order valence-electron chi connectivity index (χ1n) is 4.69. The summed E-state index contributed by atoms with van der Waals surface area (Å²) < 4.78 is 85.9. The van der Waals surface area contributed by atoms with Crippen molar-refractivity contribution < 1.29 is 30.7 Å². The van der Waals surface area contributed by atoms with E-state index in [0.717, 1.165) is 0 Å². The predicted molar refractivity (Wildman–Crippen MR) is 56.3 cm³/mol. The van der Waals surface area contributed by atoms with Crippen LogP contribution >= 0.6 is 12.4 Å². The van der Waals surface area contributed by atoms with E-state index >= 15 is 0 Å². The lowest BCUT2D eigenvalue weighted by Gasteiger charge is -2.16. The molecule has 0 amide bonds. The van der Waals surface area contributed by atoms with Crippen molar-refractivity contribution in [1.29, 1.82) is 0 Å². The van der Waals surface area contributed by atoms with E-state index in [1.54, 1.807) is 0 Å². The molecule has 0 saturated carbocycles. The van der Waals surface area contributed by atoms with Gasteiger partial charge in [0.1, 0.15) is 5.82 Å². The van der Waals surface area contributed by atoms with Gasteiger partial charge in [-0.3, -0.25) is 0 Å². The fourth-order valence-electron chi connectivity index (χ4n) is 1.36. The molecule has 0 radical (unpaired) electrons. The van der Waals surface area contributed by atoms with Crippen LogP contribution < -0.4 is 5.73 Å². The van der Waals surface area contributed by atoms with Crippen molar-refractivity contribution in [3.05, 3.63) is 35.1 Å². The summed E-state index contributed by atoms with van der Waals surface area (Å²) >= 11 is 0. The zero-order valence-corrected chi connectivity index (χ0v) is 9.96. The third-order valence-corrected chi connectivity index (χ3v) is 2.18. The maximum atomic E-state index is 13.3. The summed E-state index contributed by atoms with van der Waals surface area (Å²) in [5, 5.41) is 0. The van der Waals surface area contributed by atoms with Crippen LogP contribution in [0.2, 0.25) is 0 Å². The minimum Gasteiger partial charge on any atom is -0.324 e. The van der Waals surface area contributed by atoms with Crippen molar-refractivity contribution in [1.82, 2.24) is 0 Å². The van der Waals surface area contributed by atoms with E-state index in [4.69, 9.17) is 5.73 Å². The number of alkyl halides is 6. The minimum absolute atomic E-state index is 0. The summed E-state index contributed by atoms with van der Waals surface area (Å²) in [6.45, 7) is 0. The second-order valence-electron chi connectivity index (χ2n) is 3.66. The molecule has 0 heterocycles. The van der Waals surface area contributed by atoms with E-state index in [1.807, 2.05) is 0 Å². The molecule has 0 spiro atoms. The Bertz CT molecular complexity index is 427. The summed E-state index contributed by atoms with van der Waals surface area (Å²) in [6, 6.07) is -0.485. The van der Waals surface area contributed by atoms with Crippen molar-refractivity contribution in [3.63, 3.8) is 0 Å². The standard InChI is InChI=1S/C10H8F7N.ClH/c11-7-3-5(10(15,16)17)1-2-6(7)8(18)4-9(12,13)14;/h1-3,8H,4,18H2;1H/t8-;/m0./s1. The van der Waals surface area contributed by atoms with Crippen LogP contribution in [0.15, 0.2) is 18.2 Å². The molecule has 110 valence electrons. The van der Waals surface area contributed by atoms with Crippen LogP contribution in [0.4, 0.5) is 30.7 Å². The fraction of sp³-hybridized carbons (Fsp3) is 0.400. The molecule has 0 bridgehead atoms. The highest BCUT2D eigenvalue weighted by Gasteiger charge is 2.34. The Hall–Kier alpha value is -1.02. The lowest BCUT2D eigenvalue weighted by Crippen LogP contribution is -2.21. The summed E-state index contributed by atoms with van der Waals surface area (Å²) in [5.74, 6) is -1.40. The Morgan fingerprint density at radius 2 is 1.58 bits per heavy atom. The lowest BCUT2D eigenvalue weighted by atomic mass is 10.0. The molecule has 0 aliphatic heterocycles. The zero-order valence-electron chi connectivity index (χ0n) is 9.15. The van der Waals surface area contributed by atoms with E-state index in [-0.39, 0.29) is 18.5 Å². The van der Waals surface area contributed by atoms with Crippen LogP contribution in [0.3, 0.4) is 0 Å². The second kappa shape index (κ2) is 5.96. The Labute approximate surface area is 110 Å². The topological polar surface area (TPSA) is 26.0 Å². The number of rotatable bonds is 2. The molecule has 9 heteroatoms. The molecule has 1 rings (SSSR count). The number of halogens is 8. The Morgan fingerprint density at radius 1 is 1.05 bits per heavy atom. The third-order valence-electron chi connectivity index (χ3n) is 2.18. The molecule has 0 aliphatic carbocycles. The Balaban J connectivity index is 0.00000324. The maximum absolute atomic E-state index is 13.3. The SMILES string of the molecule is Cl.N[C@@H](CC(F)(F)F)c1ccc(C(F)(F)F)cc1F. The molecule has 0 aromatic heterocycles. The highest BCUT2D eigenvalue weighted by Crippen LogP contribution is 2.33. The highest BCUT2D eigenvalue weighted by atomic mass is 35.5. The van der Waals surface area contributed by atoms with E-state index in [1.165, 1.54) is 0 Å². The van der Waals surface area contributed by atoms with Gasteiger partial charge in [0, 0.05) is 11.6 Å². The highest BCUT2D eigenvalue weighted by molar-refractivity contribution is 5.85. The van der Waals surface area contributed by atoms with Crippen LogP contribution in [-0.2, 0) is 6.18 Å². The fourth-order valence-corrected chi connectivity index (χ4v) is 1.36. The van der Waals surface area contributed by atoms with Crippen molar-refractivity contribution in [2.45, 2.75) is 24.8 Å². The number of hydrogen-bond acceptors (Lipinski definition) is 1. The quantitative estimate of drug-likeness (QED) is 0.813. The molecule has 0 aliphatic rings. The smallest absolute Gasteiger partial charge is 0.324 e. The van der Waals surface area contributed by atoms with Gasteiger partial charge in [0.25, 0.3) is 0 Å². The molecular weight excluding hydrogens is 303 g/mol. The van der Waals surface area contributed by atoms with Gasteiger partial charge in [-0.25, -0.2) is 4.39 Å². The molecule has 0 saturated heterocycles. The van der Waals surface area contributed by atoms with Crippen LogP contribution in [0.5, 0.6) is 0 Å². The molecule has 1 aromatic rings. The van der Waals surface area contributed by atoms with E-state index in [0.29, 0.717) is 12.1 Å². The van der Waals surface area contributed by atoms with Gasteiger partial charge in [-0.05, 0) is 12.1 Å². The van der Waals surface area contributed by atoms with Gasteiger partial charge in [0.05, 0.1) is 12.0 Å². The predicted octanol–water partition coefficient (Wildman–Crippen LogP) is 4.22. The molecule has 2 N–H and O–H groups in total. The van der Waals surface area contributed by atoms with E-state index in [9.17, 15) is 30.7 Å². The molecule has 1 aromatic carbocycles. The first kappa shape index (κ1) is 18.0. The van der Waals surface area contributed by atoms with E-state index < -0.39 is 41.8 Å². The summed E-state index contributed by atoms with van der Waals surface area (Å²) in [4.78, 5) is 0. The summed E-state index contributed by atoms with van der Waals surface area (Å²) in [5.41, 5.74) is 3.23. The molecule has 1 nitrogen and oxygen atoms in total. The normalized spacial score (nSPS) is 13.9. The van der Waals surface area contributed by atoms with Crippen molar-refractivity contribution in [3.8, 4) is 0 Å². The number of hydrogen-bond donors (Lipinski definition) is 1. The molecule has 0 unspecified atom stereocenters. The Kier molecular flexibility index (Phi) is 5.64. The number of nitrogens with two attached hydrogens (primary N) is 1. The van der Waals surface area contributed by atoms with Gasteiger partial charge in [0.15, 0.2) is 0 Å². The monoisotopic (exact) mass is 311 g/mol. The molecular formula is C10H9ClF7N. The summed E-state index contributed by atoms with van der Waals surface area (Å²) in [6.07, 6.45) is -10.9. The largest absolute Gasteiger partial charge is 0.416 e. The first-order valence-corrected chi connectivity index (χ1v) is 4.69. The van der Waals surface area contributed by atoms with Crippen LogP contribution in [-0.4, -0.2) is 6.18 Å². The second-order valence-corrected chi connectivity index (χ2v) is 3.66. The Morgan fingerprint density at radius 3 is 1.95 bits per heavy atom. The summed E-state index contributed by atoms with van der Waals surface area (Å²) in [7, 11) is 0. The zero-order chi connectivity index (χ0) is 14.1. The van der Waals surface area contributed by atoms with Gasteiger partial charge in [-0.2, -0.15) is 26.3 Å². The average Bonchev–Trinajstić information content (AvgIpc) is 2.12.